The molecule has 3 rings (SSSR count). The maximum absolute atomic E-state index is 10.3. The van der Waals surface area contributed by atoms with Gasteiger partial charge in [0, 0.05) is 12.0 Å². The van der Waals surface area contributed by atoms with Crippen molar-refractivity contribution in [2.24, 2.45) is 5.41 Å². The van der Waals surface area contributed by atoms with Crippen LogP contribution in [0.2, 0.25) is 0 Å². The zero-order chi connectivity index (χ0) is 12.1. The monoisotopic (exact) mass is 232 g/mol. The molecule has 2 unspecified atom stereocenters. The Hall–Kier alpha value is -1.02. The van der Waals surface area contributed by atoms with E-state index in [0.29, 0.717) is 5.41 Å². The number of hydrogen-bond acceptors (Lipinski definition) is 2. The zero-order valence-electron chi connectivity index (χ0n) is 10.6. The van der Waals surface area contributed by atoms with E-state index in [4.69, 9.17) is 4.74 Å². The van der Waals surface area contributed by atoms with Crippen molar-refractivity contribution in [1.29, 1.82) is 0 Å². The van der Waals surface area contributed by atoms with E-state index in [1.165, 1.54) is 6.42 Å². The van der Waals surface area contributed by atoms with Gasteiger partial charge in [-0.3, -0.25) is 0 Å². The molecule has 1 aromatic rings. The van der Waals surface area contributed by atoms with Crippen molar-refractivity contribution in [2.45, 2.75) is 51.2 Å². The van der Waals surface area contributed by atoms with Crippen LogP contribution in [0, 0.1) is 5.41 Å². The molecule has 1 aromatic carbocycles. The third kappa shape index (κ3) is 1.85. The first-order chi connectivity index (χ1) is 8.00. The largest absolute Gasteiger partial charge is 0.487 e. The summed E-state index contributed by atoms with van der Waals surface area (Å²) in [6, 6.07) is 7.88. The van der Waals surface area contributed by atoms with E-state index in [-0.39, 0.29) is 11.7 Å². The molecule has 0 amide bonds. The Morgan fingerprint density at radius 2 is 2.00 bits per heavy atom. The van der Waals surface area contributed by atoms with Crippen LogP contribution in [0.3, 0.4) is 0 Å². The van der Waals surface area contributed by atoms with E-state index in [0.717, 1.165) is 30.6 Å². The topological polar surface area (TPSA) is 29.5 Å². The lowest BCUT2D eigenvalue weighted by Gasteiger charge is -2.39. The summed E-state index contributed by atoms with van der Waals surface area (Å²) in [5.74, 6) is 0.879. The normalized spacial score (nSPS) is 34.4. The fourth-order valence-electron chi connectivity index (χ4n) is 3.46. The van der Waals surface area contributed by atoms with Crippen molar-refractivity contribution in [1.82, 2.24) is 0 Å². The molecule has 1 fully saturated rings. The fraction of sp³-hybridized carbons (Fsp3) is 0.600. The second-order valence-corrected chi connectivity index (χ2v) is 6.38. The van der Waals surface area contributed by atoms with E-state index >= 15 is 0 Å². The molecule has 1 aliphatic heterocycles. The molecule has 0 aromatic heterocycles. The maximum atomic E-state index is 10.3. The molecule has 1 saturated carbocycles. The lowest BCUT2D eigenvalue weighted by molar-refractivity contribution is -0.0155. The first-order valence-electron chi connectivity index (χ1n) is 6.46. The van der Waals surface area contributed by atoms with Gasteiger partial charge in [-0.15, -0.1) is 0 Å². The first kappa shape index (κ1) is 11.1. The summed E-state index contributed by atoms with van der Waals surface area (Å²) in [5, 5.41) is 10.3. The van der Waals surface area contributed by atoms with E-state index < -0.39 is 0 Å². The second kappa shape index (κ2) is 3.49. The zero-order valence-corrected chi connectivity index (χ0v) is 10.6. The minimum absolute atomic E-state index is 0.128. The number of aliphatic hydroxyl groups excluding tert-OH is 1. The van der Waals surface area contributed by atoms with Crippen LogP contribution in [0.5, 0.6) is 5.75 Å². The Labute approximate surface area is 103 Å². The van der Waals surface area contributed by atoms with Gasteiger partial charge in [-0.2, -0.15) is 0 Å². The van der Waals surface area contributed by atoms with Gasteiger partial charge in [-0.05, 0) is 30.7 Å². The molecule has 1 N–H and O–H groups in total. The van der Waals surface area contributed by atoms with Gasteiger partial charge in [0.2, 0.25) is 0 Å². The highest BCUT2D eigenvalue weighted by molar-refractivity contribution is 5.38. The van der Waals surface area contributed by atoms with Gasteiger partial charge in [0.05, 0.1) is 6.10 Å². The molecule has 1 spiro atoms. The Kier molecular flexibility index (Phi) is 2.27. The summed E-state index contributed by atoms with van der Waals surface area (Å²) in [5.41, 5.74) is 1.16. The lowest BCUT2D eigenvalue weighted by atomic mass is 9.83. The van der Waals surface area contributed by atoms with Crippen LogP contribution in [0.1, 0.15) is 51.2 Å². The molecule has 2 atom stereocenters. The molecular formula is C15H20O2. The van der Waals surface area contributed by atoms with Gasteiger partial charge in [0.1, 0.15) is 11.4 Å². The summed E-state index contributed by atoms with van der Waals surface area (Å²) in [4.78, 5) is 0. The number of aliphatic hydroxyl groups is 1. The molecule has 92 valence electrons. The Bertz CT molecular complexity index is 438. The summed E-state index contributed by atoms with van der Waals surface area (Å²) in [7, 11) is 0. The number of hydrogen-bond donors (Lipinski definition) is 1. The molecule has 17 heavy (non-hydrogen) atoms. The Morgan fingerprint density at radius 3 is 2.71 bits per heavy atom. The SMILES string of the molecule is CC1(C)CCC2(CC(O)c3ccccc3O2)C1. The van der Waals surface area contributed by atoms with Crippen molar-refractivity contribution < 1.29 is 9.84 Å². The molecule has 2 aliphatic rings. The molecule has 0 saturated heterocycles. The van der Waals surface area contributed by atoms with Crippen molar-refractivity contribution >= 4 is 0 Å². The Morgan fingerprint density at radius 1 is 1.24 bits per heavy atom. The Balaban J connectivity index is 1.94. The highest BCUT2D eigenvalue weighted by Crippen LogP contribution is 2.52. The van der Waals surface area contributed by atoms with Crippen molar-refractivity contribution in [3.63, 3.8) is 0 Å². The van der Waals surface area contributed by atoms with Crippen LogP contribution in [0.25, 0.3) is 0 Å². The van der Waals surface area contributed by atoms with Crippen molar-refractivity contribution in [3.8, 4) is 5.75 Å². The van der Waals surface area contributed by atoms with Crippen LogP contribution in [-0.4, -0.2) is 10.7 Å². The van der Waals surface area contributed by atoms with E-state index in [1.807, 2.05) is 24.3 Å². The van der Waals surface area contributed by atoms with Crippen LogP contribution in [0.4, 0.5) is 0 Å². The smallest absolute Gasteiger partial charge is 0.125 e. The average Bonchev–Trinajstić information content (AvgIpc) is 2.54. The van der Waals surface area contributed by atoms with Gasteiger partial charge in [0.25, 0.3) is 0 Å². The number of benzene rings is 1. The number of ether oxygens (including phenoxy) is 1. The molecular weight excluding hydrogens is 212 g/mol. The third-order valence-electron chi connectivity index (χ3n) is 4.23. The van der Waals surface area contributed by atoms with Gasteiger partial charge < -0.3 is 9.84 Å². The second-order valence-electron chi connectivity index (χ2n) is 6.38. The van der Waals surface area contributed by atoms with Gasteiger partial charge >= 0.3 is 0 Å². The maximum Gasteiger partial charge on any atom is 0.125 e. The van der Waals surface area contributed by atoms with E-state index in [2.05, 4.69) is 13.8 Å². The van der Waals surface area contributed by atoms with Crippen molar-refractivity contribution in [2.75, 3.05) is 0 Å². The molecule has 2 nitrogen and oxygen atoms in total. The molecule has 0 radical (unpaired) electrons. The predicted molar refractivity (Wildman–Crippen MR) is 67.0 cm³/mol. The minimum Gasteiger partial charge on any atom is -0.487 e. The fourth-order valence-corrected chi connectivity index (χ4v) is 3.46. The van der Waals surface area contributed by atoms with Gasteiger partial charge in [-0.1, -0.05) is 32.0 Å². The summed E-state index contributed by atoms with van der Waals surface area (Å²) >= 11 is 0. The van der Waals surface area contributed by atoms with Gasteiger partial charge in [-0.25, -0.2) is 0 Å². The first-order valence-corrected chi connectivity index (χ1v) is 6.46. The van der Waals surface area contributed by atoms with E-state index in [1.54, 1.807) is 0 Å². The quantitative estimate of drug-likeness (QED) is 0.742. The van der Waals surface area contributed by atoms with Crippen LogP contribution in [0.15, 0.2) is 24.3 Å². The summed E-state index contributed by atoms with van der Waals surface area (Å²) < 4.78 is 6.23. The number of rotatable bonds is 0. The molecule has 1 aliphatic carbocycles. The number of fused-ring (bicyclic) bond motifs is 1. The summed E-state index contributed by atoms with van der Waals surface area (Å²) in [6.07, 6.45) is 3.67. The standard InChI is InChI=1S/C15H20O2/c1-14(2)7-8-15(10-14)9-12(16)11-5-3-4-6-13(11)17-15/h3-6,12,16H,7-10H2,1-2H3. The van der Waals surface area contributed by atoms with Gasteiger partial charge in [0.15, 0.2) is 0 Å². The van der Waals surface area contributed by atoms with Crippen LogP contribution >= 0.6 is 0 Å². The molecule has 0 bridgehead atoms. The minimum atomic E-state index is -0.367. The lowest BCUT2D eigenvalue weighted by Crippen LogP contribution is -2.39. The predicted octanol–water partition coefficient (Wildman–Crippen LogP) is 3.45. The van der Waals surface area contributed by atoms with Crippen molar-refractivity contribution in [3.05, 3.63) is 29.8 Å². The third-order valence-corrected chi connectivity index (χ3v) is 4.23. The van der Waals surface area contributed by atoms with Crippen LogP contribution in [-0.2, 0) is 0 Å². The van der Waals surface area contributed by atoms with E-state index in [9.17, 15) is 5.11 Å². The number of para-hydroxylation sites is 1. The molecule has 1 heterocycles. The summed E-state index contributed by atoms with van der Waals surface area (Å²) in [6.45, 7) is 4.58. The highest BCUT2D eigenvalue weighted by atomic mass is 16.5. The average molecular weight is 232 g/mol. The molecule has 2 heteroatoms. The highest BCUT2D eigenvalue weighted by Gasteiger charge is 2.48. The van der Waals surface area contributed by atoms with Crippen LogP contribution < -0.4 is 4.74 Å².